The number of thiazole rings is 1. The lowest BCUT2D eigenvalue weighted by atomic mass is 10.3. The number of carbonyl (C=O) groups is 1. The highest BCUT2D eigenvalue weighted by molar-refractivity contribution is 14.0. The van der Waals surface area contributed by atoms with Crippen LogP contribution in [0.1, 0.15) is 46.7 Å². The summed E-state index contributed by atoms with van der Waals surface area (Å²) < 4.78 is 5.05. The fourth-order valence-corrected chi connectivity index (χ4v) is 3.27. The van der Waals surface area contributed by atoms with E-state index in [9.17, 15) is 4.79 Å². The van der Waals surface area contributed by atoms with Crippen LogP contribution in [0.4, 0.5) is 0 Å². The van der Waals surface area contributed by atoms with Gasteiger partial charge in [0.05, 0.1) is 18.3 Å². The molecule has 1 rings (SSSR count). The standard InChI is InChI=1S/C15H26N4O2S2.HI/c1-6-21-14(20)12-10(2)18-13(23-12)11(3)19-15(16-4)17-8-7-9-22-5;/h11H,6-9H2,1-5H3,(H2,16,17,19);1H. The molecular formula is C15H27IN4O2S2. The van der Waals surface area contributed by atoms with E-state index in [1.165, 1.54) is 11.3 Å². The number of nitrogens with one attached hydrogen (secondary N) is 2. The van der Waals surface area contributed by atoms with Crippen molar-refractivity contribution in [1.29, 1.82) is 0 Å². The van der Waals surface area contributed by atoms with Crippen LogP contribution < -0.4 is 10.6 Å². The number of carbonyl (C=O) groups excluding carboxylic acids is 1. The number of hydrogen-bond acceptors (Lipinski definition) is 6. The average Bonchev–Trinajstić information content (AvgIpc) is 2.92. The molecule has 0 aromatic carbocycles. The Kier molecular flexibility index (Phi) is 12.5. The number of guanidine groups is 1. The summed E-state index contributed by atoms with van der Waals surface area (Å²) in [5.74, 6) is 1.55. The summed E-state index contributed by atoms with van der Waals surface area (Å²) in [4.78, 5) is 21.1. The van der Waals surface area contributed by atoms with Gasteiger partial charge in [0.2, 0.25) is 0 Å². The van der Waals surface area contributed by atoms with E-state index in [0.717, 1.165) is 29.7 Å². The molecule has 0 amide bonds. The highest BCUT2D eigenvalue weighted by Crippen LogP contribution is 2.24. The average molecular weight is 486 g/mol. The summed E-state index contributed by atoms with van der Waals surface area (Å²) in [6, 6.07) is -0.0337. The van der Waals surface area contributed by atoms with E-state index in [-0.39, 0.29) is 36.0 Å². The molecule has 0 fully saturated rings. The van der Waals surface area contributed by atoms with Crippen molar-refractivity contribution in [2.45, 2.75) is 33.2 Å². The minimum absolute atomic E-state index is 0. The fraction of sp³-hybridized carbons (Fsp3) is 0.667. The minimum atomic E-state index is -0.305. The Labute approximate surface area is 169 Å². The molecule has 0 spiro atoms. The van der Waals surface area contributed by atoms with E-state index < -0.39 is 0 Å². The molecule has 0 aliphatic rings. The molecule has 0 bridgehead atoms. The molecule has 1 aromatic heterocycles. The predicted octanol–water partition coefficient (Wildman–Crippen LogP) is 3.23. The molecule has 6 nitrogen and oxygen atoms in total. The van der Waals surface area contributed by atoms with Gasteiger partial charge in [0, 0.05) is 13.6 Å². The fourth-order valence-electron chi connectivity index (χ4n) is 1.87. The van der Waals surface area contributed by atoms with Gasteiger partial charge in [-0.15, -0.1) is 35.3 Å². The molecule has 0 aliphatic carbocycles. The number of nitrogens with zero attached hydrogens (tertiary/aromatic N) is 2. The highest BCUT2D eigenvalue weighted by atomic mass is 127. The Balaban J connectivity index is 0.00000529. The van der Waals surface area contributed by atoms with Gasteiger partial charge >= 0.3 is 5.97 Å². The molecule has 1 atom stereocenters. The number of ether oxygens (including phenoxy) is 1. The van der Waals surface area contributed by atoms with Crippen LogP contribution in [-0.2, 0) is 4.74 Å². The van der Waals surface area contributed by atoms with Crippen molar-refractivity contribution >= 4 is 59.0 Å². The molecule has 1 heterocycles. The van der Waals surface area contributed by atoms with Gasteiger partial charge in [-0.25, -0.2) is 9.78 Å². The largest absolute Gasteiger partial charge is 0.462 e. The highest BCUT2D eigenvalue weighted by Gasteiger charge is 2.19. The molecular weight excluding hydrogens is 459 g/mol. The van der Waals surface area contributed by atoms with Gasteiger partial charge in [0.1, 0.15) is 9.88 Å². The summed E-state index contributed by atoms with van der Waals surface area (Å²) in [6.07, 6.45) is 3.18. The van der Waals surface area contributed by atoms with Gasteiger partial charge in [-0.3, -0.25) is 4.99 Å². The Morgan fingerprint density at radius 3 is 2.79 bits per heavy atom. The maximum atomic E-state index is 11.9. The summed E-state index contributed by atoms with van der Waals surface area (Å²) in [7, 11) is 1.74. The number of thioether (sulfide) groups is 1. The van der Waals surface area contributed by atoms with Crippen LogP contribution in [0.15, 0.2) is 4.99 Å². The van der Waals surface area contributed by atoms with Crippen molar-refractivity contribution < 1.29 is 9.53 Å². The van der Waals surface area contributed by atoms with Gasteiger partial charge in [-0.1, -0.05) is 0 Å². The molecule has 1 aromatic rings. The Morgan fingerprint density at radius 2 is 2.21 bits per heavy atom. The number of aryl methyl sites for hydroxylation is 1. The first-order valence-electron chi connectivity index (χ1n) is 7.64. The number of rotatable bonds is 8. The number of esters is 1. The molecule has 0 saturated heterocycles. The Morgan fingerprint density at radius 1 is 1.50 bits per heavy atom. The molecule has 0 aliphatic heterocycles. The second-order valence-corrected chi connectivity index (χ2v) is 6.91. The van der Waals surface area contributed by atoms with Crippen molar-refractivity contribution in [3.8, 4) is 0 Å². The van der Waals surface area contributed by atoms with Crippen LogP contribution in [0.25, 0.3) is 0 Å². The van der Waals surface area contributed by atoms with E-state index in [2.05, 4.69) is 26.9 Å². The predicted molar refractivity (Wildman–Crippen MR) is 114 cm³/mol. The van der Waals surface area contributed by atoms with Crippen molar-refractivity contribution in [2.75, 3.05) is 32.2 Å². The normalized spacial score (nSPS) is 12.3. The molecule has 9 heteroatoms. The number of halogens is 1. The smallest absolute Gasteiger partial charge is 0.350 e. The van der Waals surface area contributed by atoms with Crippen molar-refractivity contribution in [3.63, 3.8) is 0 Å². The van der Waals surface area contributed by atoms with Gasteiger partial charge in [0.15, 0.2) is 5.96 Å². The molecule has 1 unspecified atom stereocenters. The number of aliphatic imine (C=N–C) groups is 1. The first-order chi connectivity index (χ1) is 11.0. The molecule has 24 heavy (non-hydrogen) atoms. The molecule has 2 N–H and O–H groups in total. The van der Waals surface area contributed by atoms with Crippen LogP contribution in [0.2, 0.25) is 0 Å². The van der Waals surface area contributed by atoms with Gasteiger partial charge in [-0.2, -0.15) is 11.8 Å². The van der Waals surface area contributed by atoms with Crippen molar-refractivity contribution in [1.82, 2.24) is 15.6 Å². The second-order valence-electron chi connectivity index (χ2n) is 4.90. The van der Waals surface area contributed by atoms with Crippen LogP contribution >= 0.6 is 47.1 Å². The summed E-state index contributed by atoms with van der Waals surface area (Å²) in [5.41, 5.74) is 0.708. The van der Waals surface area contributed by atoms with Gasteiger partial charge in [-0.05, 0) is 39.2 Å². The van der Waals surface area contributed by atoms with E-state index in [4.69, 9.17) is 4.74 Å². The summed E-state index contributed by atoms with van der Waals surface area (Å²) in [5, 5.41) is 7.42. The van der Waals surface area contributed by atoms with E-state index in [1.807, 2.05) is 25.6 Å². The van der Waals surface area contributed by atoms with Crippen LogP contribution in [0, 0.1) is 6.92 Å². The van der Waals surface area contributed by atoms with Gasteiger partial charge in [0.25, 0.3) is 0 Å². The lowest BCUT2D eigenvalue weighted by Crippen LogP contribution is -2.39. The van der Waals surface area contributed by atoms with Crippen LogP contribution in [-0.4, -0.2) is 49.1 Å². The molecule has 0 radical (unpaired) electrons. The lowest BCUT2D eigenvalue weighted by Gasteiger charge is -2.16. The monoisotopic (exact) mass is 486 g/mol. The molecule has 138 valence electrons. The van der Waals surface area contributed by atoms with Crippen LogP contribution in [0.3, 0.4) is 0 Å². The quantitative estimate of drug-likeness (QED) is 0.193. The van der Waals surface area contributed by atoms with Crippen molar-refractivity contribution in [2.24, 2.45) is 4.99 Å². The first kappa shape index (κ1) is 23.4. The third-order valence-electron chi connectivity index (χ3n) is 3.04. The zero-order chi connectivity index (χ0) is 17.2. The van der Waals surface area contributed by atoms with Crippen LogP contribution in [0.5, 0.6) is 0 Å². The Bertz CT molecular complexity index is 538. The molecule has 0 saturated carbocycles. The second kappa shape index (κ2) is 12.8. The summed E-state index contributed by atoms with van der Waals surface area (Å²) in [6.45, 7) is 6.87. The minimum Gasteiger partial charge on any atom is -0.462 e. The third-order valence-corrected chi connectivity index (χ3v) is 5.06. The lowest BCUT2D eigenvalue weighted by molar-refractivity contribution is 0.0531. The topological polar surface area (TPSA) is 75.6 Å². The number of aromatic nitrogens is 1. The van der Waals surface area contributed by atoms with E-state index in [1.54, 1.807) is 14.0 Å². The SMILES string of the molecule is CCOC(=O)c1sc(C(C)NC(=NC)NCCCSC)nc1C.I. The van der Waals surface area contributed by atoms with E-state index >= 15 is 0 Å². The zero-order valence-electron chi connectivity index (χ0n) is 14.8. The third kappa shape index (κ3) is 7.56. The summed E-state index contributed by atoms with van der Waals surface area (Å²) >= 11 is 3.20. The van der Waals surface area contributed by atoms with E-state index in [0.29, 0.717) is 17.2 Å². The zero-order valence-corrected chi connectivity index (χ0v) is 18.8. The Hall–Kier alpha value is -0.550. The maximum Gasteiger partial charge on any atom is 0.350 e. The van der Waals surface area contributed by atoms with Gasteiger partial charge < -0.3 is 15.4 Å². The number of hydrogen-bond donors (Lipinski definition) is 2. The first-order valence-corrected chi connectivity index (χ1v) is 9.85. The van der Waals surface area contributed by atoms with Crippen molar-refractivity contribution in [3.05, 3.63) is 15.6 Å². The maximum absolute atomic E-state index is 11.9.